The Morgan fingerprint density at radius 2 is 1.92 bits per heavy atom. The largest absolute Gasteiger partial charge is 0.383 e. The lowest BCUT2D eigenvalue weighted by molar-refractivity contribution is 0.0252. The Labute approximate surface area is 147 Å². The van der Waals surface area contributed by atoms with Crippen molar-refractivity contribution in [3.63, 3.8) is 0 Å². The number of sulfone groups is 1. The lowest BCUT2D eigenvalue weighted by Crippen LogP contribution is -2.59. The van der Waals surface area contributed by atoms with Crippen LogP contribution in [-0.2, 0) is 21.1 Å². The highest BCUT2D eigenvalue weighted by atomic mass is 35.5. The van der Waals surface area contributed by atoms with E-state index in [1.165, 1.54) is 6.07 Å². The summed E-state index contributed by atoms with van der Waals surface area (Å²) in [6, 6.07) is 4.69. The third-order valence-electron chi connectivity index (χ3n) is 4.86. The van der Waals surface area contributed by atoms with Crippen LogP contribution in [0.3, 0.4) is 0 Å². The molecule has 0 N–H and O–H groups in total. The van der Waals surface area contributed by atoms with Crippen molar-refractivity contribution < 1.29 is 17.5 Å². The number of piperazine rings is 1. The summed E-state index contributed by atoms with van der Waals surface area (Å²) < 4.78 is 43.1. The van der Waals surface area contributed by atoms with Crippen LogP contribution in [0.25, 0.3) is 0 Å². The summed E-state index contributed by atoms with van der Waals surface area (Å²) in [5, 5.41) is 0.101. The van der Waals surface area contributed by atoms with Crippen LogP contribution in [0.1, 0.15) is 5.56 Å². The molecule has 2 atom stereocenters. The van der Waals surface area contributed by atoms with Gasteiger partial charge in [-0.05, 0) is 17.7 Å². The van der Waals surface area contributed by atoms with Crippen molar-refractivity contribution in [1.29, 1.82) is 0 Å². The fourth-order valence-corrected chi connectivity index (χ4v) is 5.81. The molecule has 2 fully saturated rings. The van der Waals surface area contributed by atoms with Crippen molar-refractivity contribution in [2.45, 2.75) is 18.6 Å². The van der Waals surface area contributed by atoms with Gasteiger partial charge >= 0.3 is 0 Å². The molecule has 3 rings (SSSR count). The SMILES string of the molecule is COCCN1CCN(Cc2ccc(Cl)c(F)c2)[C@@H]2CS(=O)(=O)C[C@@H]21. The predicted octanol–water partition coefficient (Wildman–Crippen LogP) is 1.41. The quantitative estimate of drug-likeness (QED) is 0.777. The van der Waals surface area contributed by atoms with Crippen LogP contribution in [0, 0.1) is 5.82 Å². The van der Waals surface area contributed by atoms with Gasteiger partial charge in [0, 0.05) is 45.4 Å². The number of benzene rings is 1. The van der Waals surface area contributed by atoms with Gasteiger partial charge in [0.15, 0.2) is 9.84 Å². The fraction of sp³-hybridized carbons (Fsp3) is 0.625. The second-order valence-corrected chi connectivity index (χ2v) is 9.02. The summed E-state index contributed by atoms with van der Waals surface area (Å²) in [7, 11) is -1.40. The number of rotatable bonds is 5. The molecule has 5 nitrogen and oxygen atoms in total. The smallest absolute Gasteiger partial charge is 0.153 e. The standard InChI is InChI=1S/C16H22ClFN2O3S/c1-23-7-6-19-4-5-20(16-11-24(21,22)10-15(16)19)9-12-2-3-13(17)14(18)8-12/h2-3,8,15-16H,4-7,9-11H2,1H3/t15-,16+/m0/s1. The number of ether oxygens (including phenoxy) is 1. The highest BCUT2D eigenvalue weighted by molar-refractivity contribution is 7.91. The van der Waals surface area contributed by atoms with E-state index in [2.05, 4.69) is 9.80 Å². The highest BCUT2D eigenvalue weighted by Gasteiger charge is 2.46. The fourth-order valence-electron chi connectivity index (χ4n) is 3.65. The molecular weight excluding hydrogens is 355 g/mol. The van der Waals surface area contributed by atoms with Crippen molar-refractivity contribution in [1.82, 2.24) is 9.80 Å². The van der Waals surface area contributed by atoms with Gasteiger partial charge in [-0.1, -0.05) is 17.7 Å². The van der Waals surface area contributed by atoms with Crippen LogP contribution in [0.15, 0.2) is 18.2 Å². The first kappa shape index (κ1) is 18.1. The van der Waals surface area contributed by atoms with Gasteiger partial charge in [0.05, 0.1) is 23.1 Å². The third kappa shape index (κ3) is 3.91. The molecule has 134 valence electrons. The molecular formula is C16H22ClFN2O3S. The van der Waals surface area contributed by atoms with E-state index < -0.39 is 15.7 Å². The summed E-state index contributed by atoms with van der Waals surface area (Å²) in [6.45, 7) is 3.39. The van der Waals surface area contributed by atoms with Crippen molar-refractivity contribution >= 4 is 21.4 Å². The van der Waals surface area contributed by atoms with Gasteiger partial charge in [-0.15, -0.1) is 0 Å². The lowest BCUT2D eigenvalue weighted by Gasteiger charge is -2.44. The minimum atomic E-state index is -3.05. The molecule has 0 unspecified atom stereocenters. The zero-order chi connectivity index (χ0) is 17.3. The minimum absolute atomic E-state index is 0.0175. The number of halogens is 2. The average molecular weight is 377 g/mol. The molecule has 1 aromatic rings. The topological polar surface area (TPSA) is 49.9 Å². The second kappa shape index (κ2) is 7.25. The Kier molecular flexibility index (Phi) is 5.46. The molecule has 2 aliphatic rings. The van der Waals surface area contributed by atoms with Crippen molar-refractivity contribution in [3.8, 4) is 0 Å². The number of nitrogens with zero attached hydrogens (tertiary/aromatic N) is 2. The first-order valence-corrected chi connectivity index (χ1v) is 10.2. The van der Waals surface area contributed by atoms with Gasteiger partial charge in [0.2, 0.25) is 0 Å². The summed E-state index contributed by atoms with van der Waals surface area (Å²) in [6.07, 6.45) is 0. The summed E-state index contributed by atoms with van der Waals surface area (Å²) in [5.74, 6) is -0.0899. The molecule has 0 amide bonds. The zero-order valence-corrected chi connectivity index (χ0v) is 15.2. The lowest BCUT2D eigenvalue weighted by atomic mass is 10.0. The van der Waals surface area contributed by atoms with Crippen molar-refractivity contribution in [2.24, 2.45) is 0 Å². The van der Waals surface area contributed by atoms with E-state index in [0.717, 1.165) is 25.2 Å². The monoisotopic (exact) mass is 376 g/mol. The van der Waals surface area contributed by atoms with Crippen LogP contribution in [-0.4, -0.2) is 75.2 Å². The van der Waals surface area contributed by atoms with E-state index in [0.29, 0.717) is 13.2 Å². The minimum Gasteiger partial charge on any atom is -0.383 e. The molecule has 8 heteroatoms. The van der Waals surface area contributed by atoms with E-state index in [4.69, 9.17) is 16.3 Å². The van der Waals surface area contributed by atoms with Gasteiger partial charge in [0.25, 0.3) is 0 Å². The Hall–Kier alpha value is -0.730. The molecule has 0 spiro atoms. The number of hydrogen-bond donors (Lipinski definition) is 0. The molecule has 24 heavy (non-hydrogen) atoms. The molecule has 2 saturated heterocycles. The number of methoxy groups -OCH3 is 1. The first-order chi connectivity index (χ1) is 11.4. The van der Waals surface area contributed by atoms with Gasteiger partial charge in [-0.3, -0.25) is 9.80 Å². The normalized spacial score (nSPS) is 27.3. The van der Waals surface area contributed by atoms with Crippen LogP contribution < -0.4 is 0 Å². The number of fused-ring (bicyclic) bond motifs is 1. The maximum atomic E-state index is 13.7. The highest BCUT2D eigenvalue weighted by Crippen LogP contribution is 2.28. The summed E-state index contributed by atoms with van der Waals surface area (Å²) in [4.78, 5) is 4.36. The third-order valence-corrected chi connectivity index (χ3v) is 6.86. The molecule has 0 bridgehead atoms. The Bertz CT molecular complexity index is 701. The molecule has 2 heterocycles. The summed E-state index contributed by atoms with van der Waals surface area (Å²) in [5.41, 5.74) is 0.810. The maximum Gasteiger partial charge on any atom is 0.153 e. The van der Waals surface area contributed by atoms with Crippen LogP contribution in [0.4, 0.5) is 4.39 Å². The molecule has 0 aliphatic carbocycles. The van der Waals surface area contributed by atoms with E-state index in [9.17, 15) is 12.8 Å². The Morgan fingerprint density at radius 3 is 2.58 bits per heavy atom. The van der Waals surface area contributed by atoms with Crippen LogP contribution >= 0.6 is 11.6 Å². The zero-order valence-electron chi connectivity index (χ0n) is 13.6. The van der Waals surface area contributed by atoms with Gasteiger partial charge in [-0.25, -0.2) is 12.8 Å². The average Bonchev–Trinajstić information content (AvgIpc) is 2.86. The molecule has 0 aromatic heterocycles. The van der Waals surface area contributed by atoms with E-state index in [1.807, 2.05) is 0 Å². The van der Waals surface area contributed by atoms with Gasteiger partial charge in [-0.2, -0.15) is 0 Å². The van der Waals surface area contributed by atoms with E-state index in [-0.39, 0.29) is 28.6 Å². The van der Waals surface area contributed by atoms with Crippen LogP contribution in [0.5, 0.6) is 0 Å². The Balaban J connectivity index is 1.76. The molecule has 0 saturated carbocycles. The van der Waals surface area contributed by atoms with Crippen molar-refractivity contribution in [3.05, 3.63) is 34.6 Å². The summed E-state index contributed by atoms with van der Waals surface area (Å²) >= 11 is 5.73. The molecule has 0 radical (unpaired) electrons. The molecule has 2 aliphatic heterocycles. The van der Waals surface area contributed by atoms with E-state index in [1.54, 1.807) is 19.2 Å². The van der Waals surface area contributed by atoms with Crippen molar-refractivity contribution in [2.75, 3.05) is 44.9 Å². The van der Waals surface area contributed by atoms with Crippen LogP contribution in [0.2, 0.25) is 5.02 Å². The molecule has 1 aromatic carbocycles. The first-order valence-electron chi connectivity index (χ1n) is 8.01. The Morgan fingerprint density at radius 1 is 1.25 bits per heavy atom. The number of hydrogen-bond acceptors (Lipinski definition) is 5. The maximum absolute atomic E-state index is 13.7. The van der Waals surface area contributed by atoms with Gasteiger partial charge < -0.3 is 4.74 Å². The van der Waals surface area contributed by atoms with Gasteiger partial charge in [0.1, 0.15) is 5.82 Å². The second-order valence-electron chi connectivity index (χ2n) is 6.46. The predicted molar refractivity (Wildman–Crippen MR) is 91.5 cm³/mol. The van der Waals surface area contributed by atoms with E-state index >= 15 is 0 Å².